The number of fused-ring (bicyclic) bond motifs is 3. The Labute approximate surface area is 136 Å². The molecule has 0 atom stereocenters. The van der Waals surface area contributed by atoms with E-state index in [-0.39, 0.29) is 0 Å². The Kier molecular flexibility index (Phi) is 3.24. The summed E-state index contributed by atoms with van der Waals surface area (Å²) in [5.74, 6) is 0. The zero-order chi connectivity index (χ0) is 15.8. The van der Waals surface area contributed by atoms with E-state index in [9.17, 15) is 5.26 Å². The largest absolute Gasteiger partial charge is 0.192 e. The number of aryl methyl sites for hydroxylation is 1. The average molecular weight is 295 g/mol. The number of nitrogens with zero attached hydrogens (tertiary/aromatic N) is 1. The smallest absolute Gasteiger partial charge is 0.0998 e. The summed E-state index contributed by atoms with van der Waals surface area (Å²) in [4.78, 5) is 0. The summed E-state index contributed by atoms with van der Waals surface area (Å²) in [6.07, 6.45) is 1.98. The van der Waals surface area contributed by atoms with Crippen LogP contribution in [0.2, 0.25) is 0 Å². The van der Waals surface area contributed by atoms with Crippen LogP contribution >= 0.6 is 0 Å². The van der Waals surface area contributed by atoms with E-state index in [1.807, 2.05) is 18.2 Å². The van der Waals surface area contributed by atoms with Crippen molar-refractivity contribution in [1.82, 2.24) is 0 Å². The Hall–Kier alpha value is -2.85. The molecular formula is C22H17N. The summed E-state index contributed by atoms with van der Waals surface area (Å²) in [6, 6.07) is 23.3. The van der Waals surface area contributed by atoms with Gasteiger partial charge in [-0.2, -0.15) is 5.26 Å². The quantitative estimate of drug-likeness (QED) is 0.488. The van der Waals surface area contributed by atoms with Gasteiger partial charge in [-0.15, -0.1) is 0 Å². The molecule has 0 heterocycles. The van der Waals surface area contributed by atoms with Crippen molar-refractivity contribution in [1.29, 1.82) is 5.26 Å². The molecule has 3 aromatic carbocycles. The third-order valence-electron chi connectivity index (χ3n) is 4.77. The lowest BCUT2D eigenvalue weighted by atomic mass is 9.89. The van der Waals surface area contributed by atoms with E-state index in [2.05, 4.69) is 55.5 Å². The van der Waals surface area contributed by atoms with E-state index >= 15 is 0 Å². The normalized spacial score (nSPS) is 11.7. The van der Waals surface area contributed by atoms with Crippen molar-refractivity contribution in [2.24, 2.45) is 0 Å². The van der Waals surface area contributed by atoms with Crippen LogP contribution in [-0.4, -0.2) is 0 Å². The van der Waals surface area contributed by atoms with Crippen LogP contribution in [-0.2, 0) is 12.8 Å². The maximum atomic E-state index is 9.45. The zero-order valence-corrected chi connectivity index (χ0v) is 13.1. The molecule has 0 saturated carbocycles. The van der Waals surface area contributed by atoms with Gasteiger partial charge in [0, 0.05) is 0 Å². The second-order valence-corrected chi connectivity index (χ2v) is 5.97. The van der Waals surface area contributed by atoms with E-state index in [0.717, 1.165) is 24.0 Å². The van der Waals surface area contributed by atoms with Gasteiger partial charge in [-0.3, -0.25) is 0 Å². The molecule has 0 N–H and O–H groups in total. The van der Waals surface area contributed by atoms with Gasteiger partial charge in [0.1, 0.15) is 0 Å². The Morgan fingerprint density at radius 1 is 0.870 bits per heavy atom. The monoisotopic (exact) mass is 295 g/mol. The Balaban J connectivity index is 2.02. The molecule has 0 spiro atoms. The first kappa shape index (κ1) is 13.8. The molecule has 4 rings (SSSR count). The maximum Gasteiger partial charge on any atom is 0.0998 e. The van der Waals surface area contributed by atoms with Crippen LogP contribution in [0.4, 0.5) is 0 Å². The van der Waals surface area contributed by atoms with Gasteiger partial charge in [-0.1, -0.05) is 61.5 Å². The molecule has 23 heavy (non-hydrogen) atoms. The summed E-state index contributed by atoms with van der Waals surface area (Å²) in [6.45, 7) is 2.21. The molecule has 1 aliphatic carbocycles. The highest BCUT2D eigenvalue weighted by atomic mass is 14.3. The van der Waals surface area contributed by atoms with Gasteiger partial charge >= 0.3 is 0 Å². The van der Waals surface area contributed by atoms with Gasteiger partial charge in [0.2, 0.25) is 0 Å². The molecule has 0 bridgehead atoms. The number of hydrogen-bond acceptors (Lipinski definition) is 1. The Bertz CT molecular complexity index is 944. The number of rotatable bonds is 2. The van der Waals surface area contributed by atoms with Crippen LogP contribution in [0.25, 0.3) is 22.3 Å². The van der Waals surface area contributed by atoms with E-state index in [4.69, 9.17) is 0 Å². The number of benzene rings is 3. The third kappa shape index (κ3) is 2.07. The Morgan fingerprint density at radius 3 is 2.39 bits per heavy atom. The summed E-state index contributed by atoms with van der Waals surface area (Å²) >= 11 is 0. The first-order valence-electron chi connectivity index (χ1n) is 8.06. The van der Waals surface area contributed by atoms with Crippen molar-refractivity contribution in [2.45, 2.75) is 19.8 Å². The summed E-state index contributed by atoms with van der Waals surface area (Å²) in [7, 11) is 0. The minimum atomic E-state index is 0.745. The molecular weight excluding hydrogens is 278 g/mol. The van der Waals surface area contributed by atoms with Crippen LogP contribution in [0.3, 0.4) is 0 Å². The summed E-state index contributed by atoms with van der Waals surface area (Å²) < 4.78 is 0. The fraction of sp³-hybridized carbons (Fsp3) is 0.136. The van der Waals surface area contributed by atoms with Gasteiger partial charge < -0.3 is 0 Å². The molecule has 3 aromatic rings. The first-order valence-corrected chi connectivity index (χ1v) is 8.06. The molecule has 0 aromatic heterocycles. The van der Waals surface area contributed by atoms with Crippen LogP contribution in [0.5, 0.6) is 0 Å². The lowest BCUT2D eigenvalue weighted by Crippen LogP contribution is -1.94. The van der Waals surface area contributed by atoms with Gasteiger partial charge in [0.15, 0.2) is 0 Å². The molecule has 1 nitrogen and oxygen atoms in total. The minimum absolute atomic E-state index is 0.745. The van der Waals surface area contributed by atoms with Crippen LogP contribution in [0.15, 0.2) is 60.7 Å². The first-order chi connectivity index (χ1) is 11.3. The van der Waals surface area contributed by atoms with Crippen molar-refractivity contribution in [3.63, 3.8) is 0 Å². The molecule has 1 heteroatoms. The van der Waals surface area contributed by atoms with Gasteiger partial charge in [-0.25, -0.2) is 0 Å². The molecule has 110 valence electrons. The number of hydrogen-bond donors (Lipinski definition) is 0. The third-order valence-corrected chi connectivity index (χ3v) is 4.77. The predicted octanol–water partition coefficient (Wildman–Crippen LogP) is 5.36. The van der Waals surface area contributed by atoms with E-state index in [1.165, 1.54) is 33.4 Å². The second-order valence-electron chi connectivity index (χ2n) is 5.97. The van der Waals surface area contributed by atoms with Crippen molar-refractivity contribution < 1.29 is 0 Å². The number of nitriles is 1. The van der Waals surface area contributed by atoms with E-state index in [0.29, 0.717) is 0 Å². The standard InChI is InChI=1S/C22H17N/c1-2-15-11-12-20(18-9-5-4-8-17(18)14-23)21-13-16-7-3-6-10-19(16)22(15)21/h3-12H,2,13H2,1H3. The average Bonchev–Trinajstić information content (AvgIpc) is 3.00. The Morgan fingerprint density at radius 2 is 1.61 bits per heavy atom. The van der Waals surface area contributed by atoms with Crippen LogP contribution in [0, 0.1) is 11.3 Å². The highest BCUT2D eigenvalue weighted by molar-refractivity contribution is 5.88. The zero-order valence-electron chi connectivity index (χ0n) is 13.1. The topological polar surface area (TPSA) is 23.8 Å². The fourth-order valence-electron chi connectivity index (χ4n) is 3.69. The lowest BCUT2D eigenvalue weighted by molar-refractivity contribution is 1.14. The molecule has 0 radical (unpaired) electrons. The molecule has 0 amide bonds. The molecule has 0 unspecified atom stereocenters. The van der Waals surface area contributed by atoms with Crippen molar-refractivity contribution in [2.75, 3.05) is 0 Å². The lowest BCUT2D eigenvalue weighted by Gasteiger charge is -2.14. The highest BCUT2D eigenvalue weighted by Gasteiger charge is 2.24. The predicted molar refractivity (Wildman–Crippen MR) is 94.2 cm³/mol. The van der Waals surface area contributed by atoms with Crippen molar-refractivity contribution >= 4 is 0 Å². The highest BCUT2D eigenvalue weighted by Crippen LogP contribution is 2.44. The van der Waals surface area contributed by atoms with E-state index < -0.39 is 0 Å². The van der Waals surface area contributed by atoms with Gasteiger partial charge in [-0.05, 0) is 57.9 Å². The van der Waals surface area contributed by atoms with Gasteiger partial charge in [0.25, 0.3) is 0 Å². The fourth-order valence-corrected chi connectivity index (χ4v) is 3.69. The molecule has 0 aliphatic heterocycles. The maximum absolute atomic E-state index is 9.45. The molecule has 1 aliphatic rings. The van der Waals surface area contributed by atoms with Crippen molar-refractivity contribution in [3.05, 3.63) is 82.9 Å². The van der Waals surface area contributed by atoms with Crippen LogP contribution < -0.4 is 0 Å². The SMILES string of the molecule is CCc1ccc(-c2ccccc2C#N)c2c1-c1ccccc1C2. The second kappa shape index (κ2) is 5.41. The van der Waals surface area contributed by atoms with E-state index in [1.54, 1.807) is 0 Å². The van der Waals surface area contributed by atoms with Gasteiger partial charge in [0.05, 0.1) is 11.6 Å². The van der Waals surface area contributed by atoms with Crippen molar-refractivity contribution in [3.8, 4) is 28.3 Å². The molecule has 0 fully saturated rings. The summed E-state index contributed by atoms with van der Waals surface area (Å²) in [5.41, 5.74) is 9.88. The summed E-state index contributed by atoms with van der Waals surface area (Å²) in [5, 5.41) is 9.45. The molecule has 0 saturated heterocycles. The van der Waals surface area contributed by atoms with Crippen LogP contribution in [0.1, 0.15) is 29.2 Å². The minimum Gasteiger partial charge on any atom is -0.192 e.